The van der Waals surface area contributed by atoms with Gasteiger partial charge in [-0.25, -0.2) is 0 Å². The number of pyridine rings is 1. The van der Waals surface area contributed by atoms with E-state index in [1.165, 1.54) is 19.6 Å². The Balaban J connectivity index is 1.26. The van der Waals surface area contributed by atoms with E-state index in [1.54, 1.807) is 29.6 Å². The topological polar surface area (TPSA) is 86.4 Å². The number of nitrogens with one attached hydrogen (secondary N) is 2. The van der Waals surface area contributed by atoms with Crippen molar-refractivity contribution < 1.29 is 4.74 Å². The maximum Gasteiger partial charge on any atom is 0.250 e. The molecule has 2 aliphatic heterocycles. The number of hydrogen-bond donors (Lipinski definition) is 2. The lowest BCUT2D eigenvalue weighted by Crippen LogP contribution is -2.36. The van der Waals surface area contributed by atoms with Crippen LogP contribution in [0.15, 0.2) is 85.3 Å². The number of aromatic amines is 1. The molecule has 0 radical (unpaired) electrons. The van der Waals surface area contributed by atoms with Crippen molar-refractivity contribution in [1.29, 1.82) is 0 Å². The maximum absolute atomic E-state index is 12.7. The van der Waals surface area contributed by atoms with Crippen LogP contribution in [-0.4, -0.2) is 66.8 Å². The van der Waals surface area contributed by atoms with Gasteiger partial charge in [0, 0.05) is 61.9 Å². The first-order valence-corrected chi connectivity index (χ1v) is 15.5. The predicted molar refractivity (Wildman–Crippen MR) is 167 cm³/mol. The van der Waals surface area contributed by atoms with Crippen molar-refractivity contribution in [3.63, 3.8) is 0 Å². The number of rotatable bonds is 8. The molecule has 1 saturated heterocycles. The van der Waals surface area contributed by atoms with Crippen molar-refractivity contribution in [1.82, 2.24) is 19.9 Å². The largest absolute Gasteiger partial charge is 0.378 e. The highest BCUT2D eigenvalue weighted by molar-refractivity contribution is 8.05. The molecule has 10 heteroatoms. The number of morpholine rings is 1. The molecule has 0 bridgehead atoms. The van der Waals surface area contributed by atoms with Gasteiger partial charge >= 0.3 is 0 Å². The number of aromatic nitrogens is 3. The van der Waals surface area contributed by atoms with Gasteiger partial charge in [-0.1, -0.05) is 35.7 Å². The number of nitrogens with zero attached hydrogens (tertiary/aromatic N) is 4. The van der Waals surface area contributed by atoms with Gasteiger partial charge in [-0.15, -0.1) is 0 Å². The maximum atomic E-state index is 12.7. The van der Waals surface area contributed by atoms with E-state index in [0.29, 0.717) is 13.2 Å². The summed E-state index contributed by atoms with van der Waals surface area (Å²) in [4.78, 5) is 34.1. The molecule has 6 rings (SSSR count). The molecule has 1 unspecified atom stereocenters. The van der Waals surface area contributed by atoms with Crippen LogP contribution < -0.4 is 15.8 Å². The minimum absolute atomic E-state index is 0.0549. The third-order valence-electron chi connectivity index (χ3n) is 7.21. The zero-order chi connectivity index (χ0) is 28.3. The number of fused-ring (bicyclic) bond motifs is 2. The quantitative estimate of drug-likeness (QED) is 0.238. The van der Waals surface area contributed by atoms with Crippen LogP contribution in [0.3, 0.4) is 0 Å². The average molecular weight is 587 g/mol. The van der Waals surface area contributed by atoms with Gasteiger partial charge in [-0.2, -0.15) is 0 Å². The molecule has 2 aromatic carbocycles. The van der Waals surface area contributed by atoms with Gasteiger partial charge in [0.2, 0.25) is 5.56 Å². The summed E-state index contributed by atoms with van der Waals surface area (Å²) in [5, 5.41) is 3.72. The Morgan fingerprint density at radius 2 is 1.88 bits per heavy atom. The van der Waals surface area contributed by atoms with Gasteiger partial charge in [0.05, 0.1) is 42.5 Å². The second-order valence-electron chi connectivity index (χ2n) is 10.6. The molecular formula is C31H34N6O2S2. The van der Waals surface area contributed by atoms with Crippen molar-refractivity contribution in [3.8, 4) is 11.3 Å². The Labute approximate surface area is 248 Å². The number of anilines is 2. The zero-order valence-corrected chi connectivity index (χ0v) is 25.1. The summed E-state index contributed by atoms with van der Waals surface area (Å²) in [7, 11) is 4.18. The Hall–Kier alpha value is -3.31. The fraction of sp³-hybridized carbons (Fsp3) is 0.323. The summed E-state index contributed by atoms with van der Waals surface area (Å²) < 4.78 is 5.51. The van der Waals surface area contributed by atoms with Crippen LogP contribution >= 0.6 is 23.5 Å². The van der Waals surface area contributed by atoms with E-state index in [0.717, 1.165) is 60.1 Å². The summed E-state index contributed by atoms with van der Waals surface area (Å²) in [6, 6.07) is 16.7. The lowest BCUT2D eigenvalue weighted by molar-refractivity contribution is 0.122. The second-order valence-corrected chi connectivity index (χ2v) is 12.7. The highest BCUT2D eigenvalue weighted by atomic mass is 32.2. The number of aryl methyl sites for hydroxylation is 1. The van der Waals surface area contributed by atoms with E-state index in [1.807, 2.05) is 19.3 Å². The Morgan fingerprint density at radius 1 is 1.02 bits per heavy atom. The van der Waals surface area contributed by atoms with E-state index in [4.69, 9.17) is 4.74 Å². The molecule has 2 aliphatic rings. The number of benzene rings is 2. The van der Waals surface area contributed by atoms with E-state index < -0.39 is 0 Å². The molecule has 41 heavy (non-hydrogen) atoms. The van der Waals surface area contributed by atoms with Crippen LogP contribution in [0.4, 0.5) is 11.4 Å². The highest BCUT2D eigenvalue weighted by Gasteiger charge is 2.23. The van der Waals surface area contributed by atoms with Crippen molar-refractivity contribution in [2.45, 2.75) is 39.0 Å². The van der Waals surface area contributed by atoms with Crippen molar-refractivity contribution >= 4 is 34.9 Å². The fourth-order valence-electron chi connectivity index (χ4n) is 5.05. The molecule has 212 valence electrons. The van der Waals surface area contributed by atoms with Crippen LogP contribution in [0.5, 0.6) is 0 Å². The molecule has 4 heterocycles. The highest BCUT2D eigenvalue weighted by Crippen LogP contribution is 2.52. The standard InChI is InChI=1S/C31H34N6O2S2/c1-20-18-33-26(19-32-20)24(9-10-36(2)3)34-21-7-8-27-29(15-21)40-28-6-4-5-23(31(28)41-27)25-16-22(17-30(38)35-25)37-11-13-39-14-12-37/h4-8,15-19,24,34H,9-14H2,1-3H3,(H,35,38). The molecular weight excluding hydrogens is 553 g/mol. The Morgan fingerprint density at radius 3 is 2.66 bits per heavy atom. The molecule has 0 saturated carbocycles. The molecule has 0 amide bonds. The number of ether oxygens (including phenoxy) is 1. The van der Waals surface area contributed by atoms with Gasteiger partial charge in [-0.05, 0) is 64.3 Å². The molecule has 2 N–H and O–H groups in total. The Kier molecular flexibility index (Phi) is 8.34. The zero-order valence-electron chi connectivity index (χ0n) is 23.5. The number of H-pyrrole nitrogens is 1. The molecule has 4 aromatic rings. The minimum Gasteiger partial charge on any atom is -0.378 e. The lowest BCUT2D eigenvalue weighted by atomic mass is 10.1. The molecule has 0 aliphatic carbocycles. The van der Waals surface area contributed by atoms with Crippen LogP contribution in [0.2, 0.25) is 0 Å². The van der Waals surface area contributed by atoms with Crippen molar-refractivity contribution in [2.75, 3.05) is 57.2 Å². The van der Waals surface area contributed by atoms with Gasteiger partial charge < -0.3 is 24.8 Å². The monoisotopic (exact) mass is 586 g/mol. The SMILES string of the molecule is Cc1cnc(C(CCN(C)C)Nc2ccc3c(c2)Sc2cccc(-c4cc(N5CCOCC5)cc(=O)[nH]4)c2S3)cn1. The normalized spacial score (nSPS) is 15.4. The summed E-state index contributed by atoms with van der Waals surface area (Å²) in [5.74, 6) is 0. The first-order valence-electron chi connectivity index (χ1n) is 13.8. The van der Waals surface area contributed by atoms with Crippen LogP contribution in [0.1, 0.15) is 23.9 Å². The van der Waals surface area contributed by atoms with E-state index >= 15 is 0 Å². The third-order valence-corrected chi connectivity index (χ3v) is 9.81. The van der Waals surface area contributed by atoms with Crippen LogP contribution in [0.25, 0.3) is 11.3 Å². The third kappa shape index (κ3) is 6.46. The van der Waals surface area contributed by atoms with Gasteiger partial charge in [0.15, 0.2) is 0 Å². The van der Waals surface area contributed by atoms with Crippen LogP contribution in [0, 0.1) is 6.92 Å². The Bertz CT molecular complexity index is 1580. The molecule has 2 aromatic heterocycles. The summed E-state index contributed by atoms with van der Waals surface area (Å²) in [6.45, 7) is 5.83. The first kappa shape index (κ1) is 27.8. The molecule has 1 atom stereocenters. The lowest BCUT2D eigenvalue weighted by Gasteiger charge is -2.29. The van der Waals surface area contributed by atoms with Gasteiger partial charge in [-0.3, -0.25) is 14.8 Å². The van der Waals surface area contributed by atoms with Crippen LogP contribution in [-0.2, 0) is 4.74 Å². The summed E-state index contributed by atoms with van der Waals surface area (Å²) in [6.07, 6.45) is 4.62. The first-order chi connectivity index (χ1) is 19.9. The van der Waals surface area contributed by atoms with Gasteiger partial charge in [0.25, 0.3) is 0 Å². The summed E-state index contributed by atoms with van der Waals surface area (Å²) in [5.41, 5.74) is 5.66. The molecule has 0 spiro atoms. The second kappa shape index (κ2) is 12.3. The van der Waals surface area contributed by atoms with Gasteiger partial charge in [0.1, 0.15) is 0 Å². The average Bonchev–Trinajstić information content (AvgIpc) is 2.98. The predicted octanol–water partition coefficient (Wildman–Crippen LogP) is 5.70. The van der Waals surface area contributed by atoms with Crippen molar-refractivity contribution in [2.24, 2.45) is 0 Å². The summed E-state index contributed by atoms with van der Waals surface area (Å²) >= 11 is 3.53. The smallest absolute Gasteiger partial charge is 0.250 e. The fourth-order valence-corrected chi connectivity index (χ4v) is 7.46. The molecule has 1 fully saturated rings. The van der Waals surface area contributed by atoms with E-state index in [2.05, 4.69) is 86.6 Å². The van der Waals surface area contributed by atoms with E-state index in [9.17, 15) is 4.79 Å². The minimum atomic E-state index is -0.0896. The number of hydrogen-bond acceptors (Lipinski definition) is 9. The van der Waals surface area contributed by atoms with Crippen molar-refractivity contribution in [3.05, 3.63) is 82.7 Å². The van der Waals surface area contributed by atoms with E-state index in [-0.39, 0.29) is 11.6 Å². The molecule has 8 nitrogen and oxygen atoms in total.